The summed E-state index contributed by atoms with van der Waals surface area (Å²) in [5.41, 5.74) is 1.50. The molecule has 1 aromatic rings. The SMILES string of the molecule is COC(=O)C(=O)CC(c1ccc(C)cc1)C(C(=O)OC)C(=O)OC. The Morgan fingerprint density at radius 1 is 0.875 bits per heavy atom. The van der Waals surface area contributed by atoms with Crippen LogP contribution in [0.15, 0.2) is 24.3 Å². The summed E-state index contributed by atoms with van der Waals surface area (Å²) >= 11 is 0. The number of ether oxygens (including phenoxy) is 3. The van der Waals surface area contributed by atoms with E-state index in [9.17, 15) is 19.2 Å². The van der Waals surface area contributed by atoms with Crippen molar-refractivity contribution in [2.45, 2.75) is 19.3 Å². The summed E-state index contributed by atoms with van der Waals surface area (Å²) in [6, 6.07) is 6.92. The number of methoxy groups -OCH3 is 3. The van der Waals surface area contributed by atoms with E-state index in [1.165, 1.54) is 0 Å². The van der Waals surface area contributed by atoms with Gasteiger partial charge < -0.3 is 14.2 Å². The summed E-state index contributed by atoms with van der Waals surface area (Å²) in [6.45, 7) is 1.87. The van der Waals surface area contributed by atoms with Gasteiger partial charge in [0.25, 0.3) is 0 Å². The topological polar surface area (TPSA) is 96.0 Å². The van der Waals surface area contributed by atoms with Gasteiger partial charge in [-0.2, -0.15) is 0 Å². The highest BCUT2D eigenvalue weighted by molar-refractivity contribution is 6.33. The molecule has 0 heterocycles. The zero-order valence-electron chi connectivity index (χ0n) is 14.0. The first-order chi connectivity index (χ1) is 11.3. The smallest absolute Gasteiger partial charge is 0.374 e. The van der Waals surface area contributed by atoms with E-state index in [-0.39, 0.29) is 6.42 Å². The number of rotatable bonds is 7. The Balaban J connectivity index is 3.30. The van der Waals surface area contributed by atoms with E-state index in [2.05, 4.69) is 14.2 Å². The van der Waals surface area contributed by atoms with Gasteiger partial charge in [-0.25, -0.2) is 4.79 Å². The highest BCUT2D eigenvalue weighted by atomic mass is 16.5. The van der Waals surface area contributed by atoms with Crippen molar-refractivity contribution in [3.63, 3.8) is 0 Å². The zero-order chi connectivity index (χ0) is 18.3. The van der Waals surface area contributed by atoms with E-state index < -0.39 is 35.5 Å². The van der Waals surface area contributed by atoms with E-state index in [1.54, 1.807) is 24.3 Å². The van der Waals surface area contributed by atoms with E-state index in [0.29, 0.717) is 5.56 Å². The van der Waals surface area contributed by atoms with Crippen molar-refractivity contribution in [3.8, 4) is 0 Å². The van der Waals surface area contributed by atoms with Crippen molar-refractivity contribution in [2.24, 2.45) is 5.92 Å². The first-order valence-corrected chi connectivity index (χ1v) is 7.19. The van der Waals surface area contributed by atoms with Crippen LogP contribution in [0.2, 0.25) is 0 Å². The fourth-order valence-corrected chi connectivity index (χ4v) is 2.32. The normalized spacial score (nSPS) is 11.5. The molecule has 1 aromatic carbocycles. The quantitative estimate of drug-likeness (QED) is 0.319. The molecule has 0 aromatic heterocycles. The molecule has 0 radical (unpaired) electrons. The molecule has 0 aliphatic carbocycles. The van der Waals surface area contributed by atoms with Gasteiger partial charge in [-0.05, 0) is 12.5 Å². The Bertz CT molecular complexity index is 602. The third kappa shape index (κ3) is 4.65. The van der Waals surface area contributed by atoms with Crippen molar-refractivity contribution in [2.75, 3.05) is 21.3 Å². The summed E-state index contributed by atoms with van der Waals surface area (Å²) < 4.78 is 13.7. The van der Waals surface area contributed by atoms with Gasteiger partial charge in [-0.1, -0.05) is 29.8 Å². The lowest BCUT2D eigenvalue weighted by molar-refractivity contribution is -0.161. The maximum absolute atomic E-state index is 12.1. The first-order valence-electron chi connectivity index (χ1n) is 7.19. The monoisotopic (exact) mass is 336 g/mol. The molecule has 0 aliphatic rings. The van der Waals surface area contributed by atoms with Gasteiger partial charge in [0.05, 0.1) is 21.3 Å². The van der Waals surface area contributed by atoms with Gasteiger partial charge in [0.15, 0.2) is 5.92 Å². The minimum atomic E-state index is -1.36. The standard InChI is InChI=1S/C17H20O7/c1-10-5-7-11(8-6-10)12(9-13(18)15(19)22-2)14(16(20)23-3)17(21)24-4/h5-8,12,14H,9H2,1-4H3. The summed E-state index contributed by atoms with van der Waals surface area (Å²) in [5.74, 6) is -5.84. The Hall–Kier alpha value is -2.70. The molecule has 1 unspecified atom stereocenters. The number of esters is 3. The van der Waals surface area contributed by atoms with E-state index in [4.69, 9.17) is 0 Å². The molecule has 0 fully saturated rings. The maximum atomic E-state index is 12.1. The maximum Gasteiger partial charge on any atom is 0.374 e. The van der Waals surface area contributed by atoms with Gasteiger partial charge >= 0.3 is 17.9 Å². The highest BCUT2D eigenvalue weighted by Gasteiger charge is 2.40. The number of hydrogen-bond acceptors (Lipinski definition) is 7. The molecular weight excluding hydrogens is 316 g/mol. The largest absolute Gasteiger partial charge is 0.468 e. The van der Waals surface area contributed by atoms with Crippen LogP contribution in [0, 0.1) is 12.8 Å². The van der Waals surface area contributed by atoms with Crippen molar-refractivity contribution in [1.29, 1.82) is 0 Å². The second kappa shape index (κ2) is 8.81. The van der Waals surface area contributed by atoms with Gasteiger partial charge in [-0.3, -0.25) is 14.4 Å². The lowest BCUT2D eigenvalue weighted by atomic mass is 9.82. The minimum Gasteiger partial charge on any atom is -0.468 e. The molecule has 0 bridgehead atoms. The molecule has 0 amide bonds. The van der Waals surface area contributed by atoms with Crippen LogP contribution < -0.4 is 0 Å². The van der Waals surface area contributed by atoms with Crippen molar-refractivity contribution < 1.29 is 33.4 Å². The van der Waals surface area contributed by atoms with Crippen LogP contribution in [0.25, 0.3) is 0 Å². The Labute approximate surface area is 139 Å². The highest BCUT2D eigenvalue weighted by Crippen LogP contribution is 2.31. The van der Waals surface area contributed by atoms with Gasteiger partial charge in [-0.15, -0.1) is 0 Å². The number of hydrogen-bond donors (Lipinski definition) is 0. The second-order valence-corrected chi connectivity index (χ2v) is 5.16. The number of benzene rings is 1. The summed E-state index contributed by atoms with van der Waals surface area (Å²) in [6.07, 6.45) is -0.384. The van der Waals surface area contributed by atoms with Crippen molar-refractivity contribution in [3.05, 3.63) is 35.4 Å². The number of ketones is 1. The summed E-state index contributed by atoms with van der Waals surface area (Å²) in [4.78, 5) is 47.5. The van der Waals surface area contributed by atoms with E-state index in [0.717, 1.165) is 26.9 Å². The number of aryl methyl sites for hydroxylation is 1. The van der Waals surface area contributed by atoms with Gasteiger partial charge in [0.2, 0.25) is 5.78 Å². The van der Waals surface area contributed by atoms with E-state index in [1.807, 2.05) is 6.92 Å². The average Bonchev–Trinajstić information content (AvgIpc) is 2.60. The van der Waals surface area contributed by atoms with Crippen LogP contribution in [0.4, 0.5) is 0 Å². The number of carbonyl (C=O) groups is 4. The zero-order valence-corrected chi connectivity index (χ0v) is 14.0. The van der Waals surface area contributed by atoms with Crippen molar-refractivity contribution >= 4 is 23.7 Å². The Morgan fingerprint density at radius 2 is 1.38 bits per heavy atom. The van der Waals surface area contributed by atoms with Crippen molar-refractivity contribution in [1.82, 2.24) is 0 Å². The predicted octanol–water partition coefficient (Wildman–Crippen LogP) is 1.17. The minimum absolute atomic E-state index is 0.384. The fourth-order valence-electron chi connectivity index (χ4n) is 2.32. The molecular formula is C17H20O7. The van der Waals surface area contributed by atoms with Crippen LogP contribution in [0.3, 0.4) is 0 Å². The third-order valence-corrected chi connectivity index (χ3v) is 3.64. The van der Waals surface area contributed by atoms with Crippen LogP contribution in [-0.4, -0.2) is 45.0 Å². The molecule has 24 heavy (non-hydrogen) atoms. The number of carbonyl (C=O) groups excluding carboxylic acids is 4. The number of Topliss-reactive ketones (excluding diaryl/α,β-unsaturated/α-hetero) is 1. The predicted molar refractivity (Wildman–Crippen MR) is 83.1 cm³/mol. The molecule has 0 saturated carbocycles. The summed E-state index contributed by atoms with van der Waals surface area (Å²) in [7, 11) is 3.35. The van der Waals surface area contributed by atoms with Crippen LogP contribution in [0.1, 0.15) is 23.5 Å². The van der Waals surface area contributed by atoms with Crippen LogP contribution in [-0.2, 0) is 33.4 Å². The molecule has 0 aliphatic heterocycles. The summed E-state index contributed by atoms with van der Waals surface area (Å²) in [5, 5.41) is 0. The van der Waals surface area contributed by atoms with Crippen LogP contribution in [0.5, 0.6) is 0 Å². The molecule has 1 rings (SSSR count). The molecule has 7 nitrogen and oxygen atoms in total. The molecule has 0 saturated heterocycles. The van der Waals surface area contributed by atoms with Gasteiger partial charge in [0, 0.05) is 12.3 Å². The molecule has 0 N–H and O–H groups in total. The van der Waals surface area contributed by atoms with Gasteiger partial charge in [0.1, 0.15) is 0 Å². The molecule has 0 spiro atoms. The lowest BCUT2D eigenvalue weighted by Gasteiger charge is -2.23. The molecule has 7 heteroatoms. The lowest BCUT2D eigenvalue weighted by Crippen LogP contribution is -2.34. The second-order valence-electron chi connectivity index (χ2n) is 5.16. The molecule has 130 valence electrons. The van der Waals surface area contributed by atoms with E-state index >= 15 is 0 Å². The molecule has 1 atom stereocenters. The van der Waals surface area contributed by atoms with Crippen LogP contribution >= 0.6 is 0 Å². The third-order valence-electron chi connectivity index (χ3n) is 3.64. The Kier molecular flexibility index (Phi) is 7.10. The first kappa shape index (κ1) is 19.3. The average molecular weight is 336 g/mol. The Morgan fingerprint density at radius 3 is 1.79 bits per heavy atom. The fraction of sp³-hybridized carbons (Fsp3) is 0.412.